The van der Waals surface area contributed by atoms with Crippen molar-refractivity contribution in [3.8, 4) is 0 Å². The number of benzene rings is 1. The van der Waals surface area contributed by atoms with Crippen LogP contribution in [0.5, 0.6) is 0 Å². The molecule has 1 aliphatic rings. The molecular formula is C22H34N2O2. The highest BCUT2D eigenvalue weighted by Crippen LogP contribution is 2.31. The largest absolute Gasteiger partial charge is 0.346 e. The highest BCUT2D eigenvalue weighted by molar-refractivity contribution is 5.81. The van der Waals surface area contributed by atoms with Gasteiger partial charge in [-0.3, -0.25) is 9.59 Å². The van der Waals surface area contributed by atoms with Crippen molar-refractivity contribution >= 4 is 11.8 Å². The Kier molecular flexibility index (Phi) is 8.14. The van der Waals surface area contributed by atoms with Gasteiger partial charge in [-0.15, -0.1) is 0 Å². The summed E-state index contributed by atoms with van der Waals surface area (Å²) in [7, 11) is 1.91. The molecule has 1 aliphatic carbocycles. The second-order valence-electron chi connectivity index (χ2n) is 7.50. The third-order valence-electron chi connectivity index (χ3n) is 5.56. The zero-order valence-electron chi connectivity index (χ0n) is 16.6. The minimum atomic E-state index is 0.0728. The Bertz CT molecular complexity index is 565. The summed E-state index contributed by atoms with van der Waals surface area (Å²) in [6.07, 6.45) is 5.52. The Balaban J connectivity index is 1.85. The first-order valence-corrected chi connectivity index (χ1v) is 10.1. The van der Waals surface area contributed by atoms with Gasteiger partial charge in [-0.05, 0) is 44.6 Å². The molecule has 4 heteroatoms. The lowest BCUT2D eigenvalue weighted by Gasteiger charge is -2.33. The predicted octanol–water partition coefficient (Wildman–Crippen LogP) is 4.10. The first kappa shape index (κ1) is 20.5. The van der Waals surface area contributed by atoms with Crippen LogP contribution < -0.4 is 0 Å². The normalized spacial score (nSPS) is 19.8. The monoisotopic (exact) mass is 358 g/mol. The molecule has 4 nitrogen and oxygen atoms in total. The van der Waals surface area contributed by atoms with Crippen molar-refractivity contribution in [2.24, 2.45) is 11.8 Å². The Morgan fingerprint density at radius 2 is 1.54 bits per heavy atom. The number of unbranched alkanes of at least 4 members (excludes halogenated alkanes) is 1. The third kappa shape index (κ3) is 5.58. The van der Waals surface area contributed by atoms with Gasteiger partial charge in [0.2, 0.25) is 11.8 Å². The quantitative estimate of drug-likeness (QED) is 0.702. The van der Waals surface area contributed by atoms with E-state index in [1.807, 2.05) is 42.0 Å². The fourth-order valence-electron chi connectivity index (χ4n) is 3.81. The molecule has 0 unspecified atom stereocenters. The smallest absolute Gasteiger partial charge is 0.225 e. The van der Waals surface area contributed by atoms with E-state index in [0.29, 0.717) is 6.54 Å². The van der Waals surface area contributed by atoms with Crippen LogP contribution in [-0.4, -0.2) is 41.8 Å². The maximum absolute atomic E-state index is 12.9. The van der Waals surface area contributed by atoms with Gasteiger partial charge in [-0.2, -0.15) is 0 Å². The molecule has 26 heavy (non-hydrogen) atoms. The van der Waals surface area contributed by atoms with Gasteiger partial charge >= 0.3 is 0 Å². The van der Waals surface area contributed by atoms with Crippen LogP contribution >= 0.6 is 0 Å². The van der Waals surface area contributed by atoms with Crippen molar-refractivity contribution in [3.05, 3.63) is 35.9 Å². The van der Waals surface area contributed by atoms with Crippen LogP contribution in [0, 0.1) is 11.8 Å². The molecule has 0 bridgehead atoms. The predicted molar refractivity (Wildman–Crippen MR) is 106 cm³/mol. The molecular weight excluding hydrogens is 324 g/mol. The summed E-state index contributed by atoms with van der Waals surface area (Å²) in [6, 6.07) is 10.2. The Hall–Kier alpha value is -1.84. The topological polar surface area (TPSA) is 40.6 Å². The van der Waals surface area contributed by atoms with Crippen molar-refractivity contribution in [2.45, 2.75) is 58.9 Å². The molecule has 144 valence electrons. The van der Waals surface area contributed by atoms with Crippen LogP contribution in [0.3, 0.4) is 0 Å². The molecule has 0 spiro atoms. The van der Waals surface area contributed by atoms with Gasteiger partial charge in [-0.1, -0.05) is 43.7 Å². The van der Waals surface area contributed by atoms with Crippen molar-refractivity contribution in [3.63, 3.8) is 0 Å². The Morgan fingerprint density at radius 1 is 0.962 bits per heavy atom. The summed E-state index contributed by atoms with van der Waals surface area (Å²) in [5, 5.41) is 0. The SMILES string of the molecule is CCCCN(C)C(=O)C1CCC(C(=O)N(CC)Cc2ccccc2)CC1. The lowest BCUT2D eigenvalue weighted by atomic mass is 9.80. The molecule has 0 N–H and O–H groups in total. The zero-order chi connectivity index (χ0) is 18.9. The van der Waals surface area contributed by atoms with Crippen molar-refractivity contribution < 1.29 is 9.59 Å². The maximum atomic E-state index is 12.9. The van der Waals surface area contributed by atoms with Crippen LogP contribution in [0.15, 0.2) is 30.3 Å². The maximum Gasteiger partial charge on any atom is 0.225 e. The highest BCUT2D eigenvalue weighted by Gasteiger charge is 2.32. The molecule has 1 aromatic carbocycles. The molecule has 0 aliphatic heterocycles. The molecule has 1 fully saturated rings. The number of amides is 2. The summed E-state index contributed by atoms with van der Waals surface area (Å²) in [6.45, 7) is 6.43. The zero-order valence-corrected chi connectivity index (χ0v) is 16.6. The van der Waals surface area contributed by atoms with Gasteiger partial charge in [0.25, 0.3) is 0 Å². The molecule has 0 aromatic heterocycles. The molecule has 0 saturated heterocycles. The van der Waals surface area contributed by atoms with Crippen molar-refractivity contribution in [1.82, 2.24) is 9.80 Å². The van der Waals surface area contributed by atoms with E-state index in [4.69, 9.17) is 0 Å². The minimum Gasteiger partial charge on any atom is -0.346 e. The van der Waals surface area contributed by atoms with Crippen LogP contribution in [-0.2, 0) is 16.1 Å². The molecule has 0 radical (unpaired) electrons. The highest BCUT2D eigenvalue weighted by atomic mass is 16.2. The Labute approximate surface area is 158 Å². The van der Waals surface area contributed by atoms with E-state index in [0.717, 1.165) is 51.6 Å². The first-order chi connectivity index (χ1) is 12.6. The summed E-state index contributed by atoms with van der Waals surface area (Å²) in [5.74, 6) is 0.691. The summed E-state index contributed by atoms with van der Waals surface area (Å²) >= 11 is 0. The number of hydrogen-bond acceptors (Lipinski definition) is 2. The Morgan fingerprint density at radius 3 is 2.08 bits per heavy atom. The van der Waals surface area contributed by atoms with E-state index in [9.17, 15) is 9.59 Å². The van der Waals surface area contributed by atoms with E-state index in [2.05, 4.69) is 19.1 Å². The number of rotatable bonds is 8. The number of carbonyl (C=O) groups is 2. The van der Waals surface area contributed by atoms with E-state index in [1.165, 1.54) is 5.56 Å². The van der Waals surface area contributed by atoms with Gasteiger partial charge in [0.1, 0.15) is 0 Å². The van der Waals surface area contributed by atoms with E-state index < -0.39 is 0 Å². The fourth-order valence-corrected chi connectivity index (χ4v) is 3.81. The molecule has 0 atom stereocenters. The lowest BCUT2D eigenvalue weighted by molar-refractivity contribution is -0.141. The third-order valence-corrected chi connectivity index (χ3v) is 5.56. The van der Waals surface area contributed by atoms with Crippen molar-refractivity contribution in [2.75, 3.05) is 20.1 Å². The summed E-state index contributed by atoms with van der Waals surface area (Å²) in [5.41, 5.74) is 1.17. The summed E-state index contributed by atoms with van der Waals surface area (Å²) in [4.78, 5) is 29.3. The average molecular weight is 359 g/mol. The first-order valence-electron chi connectivity index (χ1n) is 10.1. The van der Waals surface area contributed by atoms with E-state index >= 15 is 0 Å². The standard InChI is InChI=1S/C22H34N2O2/c1-4-6-16-23(3)21(25)19-12-14-20(15-13-19)22(26)24(5-2)17-18-10-8-7-9-11-18/h7-11,19-20H,4-6,12-17H2,1-3H3. The van der Waals surface area contributed by atoms with Crippen LogP contribution in [0.4, 0.5) is 0 Å². The molecule has 0 heterocycles. The molecule has 1 saturated carbocycles. The average Bonchev–Trinajstić information content (AvgIpc) is 2.70. The van der Waals surface area contributed by atoms with E-state index in [-0.39, 0.29) is 23.7 Å². The molecule has 1 aromatic rings. The van der Waals surface area contributed by atoms with Crippen LogP contribution in [0.2, 0.25) is 0 Å². The van der Waals surface area contributed by atoms with Gasteiger partial charge in [0.15, 0.2) is 0 Å². The van der Waals surface area contributed by atoms with Crippen molar-refractivity contribution in [1.29, 1.82) is 0 Å². The molecule has 2 amide bonds. The van der Waals surface area contributed by atoms with Gasteiger partial charge in [0.05, 0.1) is 0 Å². The number of nitrogens with zero attached hydrogens (tertiary/aromatic N) is 2. The lowest BCUT2D eigenvalue weighted by Crippen LogP contribution is -2.40. The summed E-state index contributed by atoms with van der Waals surface area (Å²) < 4.78 is 0. The minimum absolute atomic E-state index is 0.0728. The number of carbonyl (C=O) groups excluding carboxylic acids is 2. The second-order valence-corrected chi connectivity index (χ2v) is 7.50. The van der Waals surface area contributed by atoms with Gasteiger partial charge in [0, 0.05) is 38.5 Å². The van der Waals surface area contributed by atoms with Gasteiger partial charge in [-0.25, -0.2) is 0 Å². The second kappa shape index (κ2) is 10.3. The van der Waals surface area contributed by atoms with Crippen LogP contribution in [0.25, 0.3) is 0 Å². The molecule has 2 rings (SSSR count). The number of hydrogen-bond donors (Lipinski definition) is 0. The van der Waals surface area contributed by atoms with E-state index in [1.54, 1.807) is 0 Å². The van der Waals surface area contributed by atoms with Crippen LogP contribution in [0.1, 0.15) is 57.9 Å². The fraction of sp³-hybridized carbons (Fsp3) is 0.636. The van der Waals surface area contributed by atoms with Gasteiger partial charge < -0.3 is 9.80 Å².